The molecule has 2 aromatic rings. The molecule has 2 aromatic carbocycles. The highest BCUT2D eigenvalue weighted by Crippen LogP contribution is 2.29. The summed E-state index contributed by atoms with van der Waals surface area (Å²) < 4.78 is 0. The lowest BCUT2D eigenvalue weighted by Gasteiger charge is -2.26. The van der Waals surface area contributed by atoms with Crippen molar-refractivity contribution in [2.45, 2.75) is 38.6 Å². The summed E-state index contributed by atoms with van der Waals surface area (Å²) in [6.07, 6.45) is 3.29. The number of amides is 3. The van der Waals surface area contributed by atoms with Crippen molar-refractivity contribution in [2.75, 3.05) is 17.3 Å². The Hall–Kier alpha value is -2.60. The number of carbonyl (C=O) groups excluding carboxylic acids is 3. The van der Waals surface area contributed by atoms with Gasteiger partial charge in [-0.1, -0.05) is 44.2 Å². The molecular formula is C23H26N2O3S. The van der Waals surface area contributed by atoms with Crippen molar-refractivity contribution in [2.24, 2.45) is 0 Å². The molecular weight excluding hydrogens is 384 g/mol. The Balaban J connectivity index is 1.90. The summed E-state index contributed by atoms with van der Waals surface area (Å²) in [6, 6.07) is 13.6. The van der Waals surface area contributed by atoms with Crippen LogP contribution < -0.4 is 5.32 Å². The van der Waals surface area contributed by atoms with E-state index in [1.807, 2.05) is 30.5 Å². The summed E-state index contributed by atoms with van der Waals surface area (Å²) >= 11 is 1.58. The number of thioether (sulfide) groups is 1. The zero-order valence-electron chi connectivity index (χ0n) is 17.0. The maximum Gasteiger partial charge on any atom is 0.262 e. The van der Waals surface area contributed by atoms with Gasteiger partial charge >= 0.3 is 0 Å². The molecule has 0 aliphatic carbocycles. The van der Waals surface area contributed by atoms with Gasteiger partial charge in [0.05, 0.1) is 11.1 Å². The van der Waals surface area contributed by atoms with Gasteiger partial charge in [-0.2, -0.15) is 11.8 Å². The molecule has 0 fully saturated rings. The van der Waals surface area contributed by atoms with Crippen LogP contribution in [0.25, 0.3) is 0 Å². The van der Waals surface area contributed by atoms with Gasteiger partial charge in [0.1, 0.15) is 6.04 Å². The van der Waals surface area contributed by atoms with E-state index in [4.69, 9.17) is 0 Å². The van der Waals surface area contributed by atoms with Crippen LogP contribution in [-0.2, 0) is 4.79 Å². The largest absolute Gasteiger partial charge is 0.324 e. The van der Waals surface area contributed by atoms with Gasteiger partial charge < -0.3 is 5.32 Å². The van der Waals surface area contributed by atoms with Crippen LogP contribution in [0.5, 0.6) is 0 Å². The van der Waals surface area contributed by atoms with Gasteiger partial charge in [0.2, 0.25) is 5.91 Å². The topological polar surface area (TPSA) is 66.5 Å². The molecule has 3 rings (SSSR count). The fraction of sp³-hybridized carbons (Fsp3) is 0.348. The normalized spacial score (nSPS) is 15.2. The number of para-hydroxylation sites is 1. The molecule has 2 atom stereocenters. The highest BCUT2D eigenvalue weighted by atomic mass is 32.2. The van der Waals surface area contributed by atoms with Crippen LogP contribution in [0, 0.1) is 0 Å². The number of benzene rings is 2. The molecule has 1 N–H and O–H groups in total. The predicted octanol–water partition coefficient (Wildman–Crippen LogP) is 4.56. The summed E-state index contributed by atoms with van der Waals surface area (Å²) in [4.78, 5) is 40.2. The molecule has 1 aliphatic rings. The van der Waals surface area contributed by atoms with Gasteiger partial charge in [-0.25, -0.2) is 0 Å². The van der Waals surface area contributed by atoms with Crippen molar-refractivity contribution in [1.29, 1.82) is 0 Å². The third-order valence-electron chi connectivity index (χ3n) is 5.40. The van der Waals surface area contributed by atoms with Crippen LogP contribution in [-0.4, -0.2) is 40.7 Å². The molecule has 29 heavy (non-hydrogen) atoms. The minimum Gasteiger partial charge on any atom is -0.324 e. The van der Waals surface area contributed by atoms with E-state index in [0.29, 0.717) is 23.3 Å². The maximum atomic E-state index is 13.2. The van der Waals surface area contributed by atoms with Gasteiger partial charge in [0, 0.05) is 5.69 Å². The first-order chi connectivity index (χ1) is 14.0. The predicted molar refractivity (Wildman–Crippen MR) is 118 cm³/mol. The van der Waals surface area contributed by atoms with Gasteiger partial charge in [0.15, 0.2) is 0 Å². The number of hydrogen-bond acceptors (Lipinski definition) is 4. The van der Waals surface area contributed by atoms with E-state index in [0.717, 1.165) is 22.6 Å². The van der Waals surface area contributed by atoms with Crippen LogP contribution >= 0.6 is 11.8 Å². The Morgan fingerprint density at radius 3 is 2.21 bits per heavy atom. The second-order valence-corrected chi connectivity index (χ2v) is 8.19. The summed E-state index contributed by atoms with van der Waals surface area (Å²) in [5.41, 5.74) is 2.51. The molecule has 0 bridgehead atoms. The first-order valence-electron chi connectivity index (χ1n) is 9.85. The number of anilines is 1. The van der Waals surface area contributed by atoms with Crippen molar-refractivity contribution in [3.63, 3.8) is 0 Å². The molecule has 5 nitrogen and oxygen atoms in total. The molecule has 1 aliphatic heterocycles. The fourth-order valence-electron chi connectivity index (χ4n) is 3.57. The van der Waals surface area contributed by atoms with Gasteiger partial charge in [0.25, 0.3) is 11.8 Å². The van der Waals surface area contributed by atoms with Gasteiger partial charge in [-0.3, -0.25) is 19.3 Å². The highest BCUT2D eigenvalue weighted by Gasteiger charge is 2.42. The molecule has 152 valence electrons. The first-order valence-corrected chi connectivity index (χ1v) is 11.2. The van der Waals surface area contributed by atoms with Crippen LogP contribution in [0.3, 0.4) is 0 Å². The number of fused-ring (bicyclic) bond motifs is 1. The molecule has 1 heterocycles. The molecule has 0 radical (unpaired) electrons. The zero-order valence-corrected chi connectivity index (χ0v) is 17.8. The van der Waals surface area contributed by atoms with Gasteiger partial charge in [-0.05, 0) is 54.5 Å². The average Bonchev–Trinajstić information content (AvgIpc) is 2.99. The number of nitrogens with zero attached hydrogens (tertiary/aromatic N) is 1. The molecule has 0 saturated heterocycles. The quantitative estimate of drug-likeness (QED) is 0.648. The number of imide groups is 1. The fourth-order valence-corrected chi connectivity index (χ4v) is 4.03. The van der Waals surface area contributed by atoms with Crippen molar-refractivity contribution < 1.29 is 14.4 Å². The lowest BCUT2D eigenvalue weighted by atomic mass is 9.96. The first kappa shape index (κ1) is 21.1. The Bertz CT molecular complexity index is 893. The van der Waals surface area contributed by atoms with E-state index >= 15 is 0 Å². The van der Waals surface area contributed by atoms with Crippen LogP contribution in [0.2, 0.25) is 0 Å². The van der Waals surface area contributed by atoms with Crippen molar-refractivity contribution in [3.05, 3.63) is 65.2 Å². The zero-order chi connectivity index (χ0) is 21.0. The SMILES string of the molecule is CC[C@@H](C)c1ccccc1NC(=O)[C@H](CCSC)N1C(=O)c2ccccc2C1=O. The monoisotopic (exact) mass is 410 g/mol. The Morgan fingerprint density at radius 1 is 1.03 bits per heavy atom. The molecule has 0 aromatic heterocycles. The molecule has 0 unspecified atom stereocenters. The van der Waals surface area contributed by atoms with Crippen molar-refractivity contribution in [3.8, 4) is 0 Å². The van der Waals surface area contributed by atoms with Gasteiger partial charge in [-0.15, -0.1) is 0 Å². The number of carbonyl (C=O) groups is 3. The second-order valence-electron chi connectivity index (χ2n) is 7.21. The lowest BCUT2D eigenvalue weighted by molar-refractivity contribution is -0.120. The Morgan fingerprint density at radius 2 is 1.62 bits per heavy atom. The standard InChI is InChI=1S/C23H26N2O3S/c1-4-15(2)16-9-7-8-12-19(16)24-21(26)20(13-14-29-3)25-22(27)17-10-5-6-11-18(17)23(25)28/h5-12,15,20H,4,13-14H2,1-3H3,(H,24,26)/t15-,20+/m1/s1. The smallest absolute Gasteiger partial charge is 0.262 e. The summed E-state index contributed by atoms with van der Waals surface area (Å²) in [6.45, 7) is 4.21. The lowest BCUT2D eigenvalue weighted by Crippen LogP contribution is -2.47. The third kappa shape index (κ3) is 4.22. The van der Waals surface area contributed by atoms with E-state index in [-0.39, 0.29) is 11.8 Å². The highest BCUT2D eigenvalue weighted by molar-refractivity contribution is 7.98. The minimum absolute atomic E-state index is 0.287. The third-order valence-corrected chi connectivity index (χ3v) is 6.04. The summed E-state index contributed by atoms with van der Waals surface area (Å²) in [7, 11) is 0. The number of nitrogens with one attached hydrogen (secondary N) is 1. The van der Waals surface area contributed by atoms with E-state index in [1.54, 1.807) is 36.0 Å². The molecule has 0 saturated carbocycles. The van der Waals surface area contributed by atoms with Crippen LogP contribution in [0.4, 0.5) is 5.69 Å². The minimum atomic E-state index is -0.847. The summed E-state index contributed by atoms with van der Waals surface area (Å²) in [5, 5.41) is 2.99. The van der Waals surface area contributed by atoms with E-state index in [2.05, 4.69) is 19.2 Å². The molecule has 0 spiro atoms. The van der Waals surface area contributed by atoms with E-state index in [9.17, 15) is 14.4 Å². The number of hydrogen-bond donors (Lipinski definition) is 1. The van der Waals surface area contributed by atoms with Crippen LogP contribution in [0.1, 0.15) is 58.9 Å². The molecule has 6 heteroatoms. The molecule has 3 amide bonds. The maximum absolute atomic E-state index is 13.2. The Labute approximate surface area is 175 Å². The second kappa shape index (κ2) is 9.27. The van der Waals surface area contributed by atoms with Crippen molar-refractivity contribution >= 4 is 35.2 Å². The van der Waals surface area contributed by atoms with E-state index < -0.39 is 17.9 Å². The van der Waals surface area contributed by atoms with Crippen molar-refractivity contribution in [1.82, 2.24) is 4.90 Å². The number of rotatable bonds is 8. The Kier molecular flexibility index (Phi) is 6.75. The average molecular weight is 411 g/mol. The van der Waals surface area contributed by atoms with Crippen LogP contribution in [0.15, 0.2) is 48.5 Å². The summed E-state index contributed by atoms with van der Waals surface area (Å²) in [5.74, 6) is -0.178. The van der Waals surface area contributed by atoms with E-state index in [1.165, 1.54) is 0 Å².